The van der Waals surface area contributed by atoms with E-state index in [1.165, 1.54) is 6.20 Å². The zero-order valence-electron chi connectivity index (χ0n) is 7.83. The zero-order chi connectivity index (χ0) is 9.97. The number of hydrogen-bond donors (Lipinski definition) is 1. The van der Waals surface area contributed by atoms with Gasteiger partial charge in [-0.15, -0.1) is 17.0 Å². The Morgan fingerprint density at radius 2 is 1.67 bits per heavy atom. The van der Waals surface area contributed by atoms with E-state index in [0.717, 1.165) is 10.3 Å². The third-order valence-electron chi connectivity index (χ3n) is 1.99. The maximum absolute atomic E-state index is 11.4. The quantitative estimate of drug-likeness (QED) is 0.637. The average molecular weight is 268 g/mol. The van der Waals surface area contributed by atoms with Gasteiger partial charge in [0.15, 0.2) is 6.20 Å². The van der Waals surface area contributed by atoms with Crippen LogP contribution in [0.3, 0.4) is 0 Å². The van der Waals surface area contributed by atoms with Crippen LogP contribution in [0.2, 0.25) is 0 Å². The molecular weight excluding hydrogens is 258 g/mol. The van der Waals surface area contributed by atoms with E-state index < -0.39 is 0 Å². The molecule has 0 fully saturated rings. The Morgan fingerprint density at radius 3 is 2.27 bits per heavy atom. The van der Waals surface area contributed by atoms with Crippen LogP contribution in [0.4, 0.5) is 0 Å². The molecule has 0 aliphatic heterocycles. The van der Waals surface area contributed by atoms with E-state index in [1.54, 1.807) is 42.5 Å². The number of halogens is 1. The molecule has 4 heteroatoms. The van der Waals surface area contributed by atoms with Crippen molar-refractivity contribution >= 4 is 17.0 Å². The lowest BCUT2D eigenvalue weighted by atomic mass is 10.1. The summed E-state index contributed by atoms with van der Waals surface area (Å²) in [7, 11) is 0. The third kappa shape index (κ3) is 2.47. The minimum absolute atomic E-state index is 0. The minimum Gasteiger partial charge on any atom is -0.618 e. The smallest absolute Gasteiger partial charge is 0.223 e. The lowest BCUT2D eigenvalue weighted by molar-refractivity contribution is -0.593. The van der Waals surface area contributed by atoms with E-state index in [0.29, 0.717) is 5.69 Å². The summed E-state index contributed by atoms with van der Waals surface area (Å²) in [6.45, 7) is 0. The third-order valence-corrected chi connectivity index (χ3v) is 1.99. The molecule has 15 heavy (non-hydrogen) atoms. The van der Waals surface area contributed by atoms with Gasteiger partial charge in [-0.2, -0.15) is 4.73 Å². The Bertz CT molecular complexity index is 443. The lowest BCUT2D eigenvalue weighted by Gasteiger charge is -2.03. The Balaban J connectivity index is 0.00000112. The molecule has 0 spiro atoms. The molecule has 1 aromatic carbocycles. The summed E-state index contributed by atoms with van der Waals surface area (Å²) in [5.41, 5.74) is 1.37. The SMILES string of the molecule is Br.[O-][n+]1ccccc1-c1ccc(O)cc1. The van der Waals surface area contributed by atoms with Crippen LogP contribution in [0.5, 0.6) is 5.75 Å². The number of aromatic nitrogens is 1. The molecule has 0 aliphatic carbocycles. The van der Waals surface area contributed by atoms with Gasteiger partial charge in [0.05, 0.1) is 0 Å². The number of nitrogens with zero attached hydrogens (tertiary/aromatic N) is 1. The summed E-state index contributed by atoms with van der Waals surface area (Å²) < 4.78 is 0.798. The summed E-state index contributed by atoms with van der Waals surface area (Å²) in [5.74, 6) is 0.196. The molecule has 2 rings (SSSR count). The van der Waals surface area contributed by atoms with Crippen LogP contribution in [-0.2, 0) is 0 Å². The van der Waals surface area contributed by atoms with E-state index in [4.69, 9.17) is 5.11 Å². The fraction of sp³-hybridized carbons (Fsp3) is 0. The summed E-state index contributed by atoms with van der Waals surface area (Å²) in [4.78, 5) is 0. The molecule has 0 atom stereocenters. The fourth-order valence-corrected chi connectivity index (χ4v) is 1.28. The van der Waals surface area contributed by atoms with Crippen LogP contribution >= 0.6 is 17.0 Å². The highest BCUT2D eigenvalue weighted by Gasteiger charge is 2.05. The van der Waals surface area contributed by atoms with Gasteiger partial charge in [-0.25, -0.2) is 0 Å². The van der Waals surface area contributed by atoms with E-state index >= 15 is 0 Å². The van der Waals surface area contributed by atoms with Crippen molar-refractivity contribution in [1.82, 2.24) is 0 Å². The molecule has 1 aromatic heterocycles. The van der Waals surface area contributed by atoms with Crippen molar-refractivity contribution in [3.05, 3.63) is 53.9 Å². The molecule has 0 amide bonds. The maximum atomic E-state index is 11.4. The Hall–Kier alpha value is -1.55. The van der Waals surface area contributed by atoms with Gasteiger partial charge in [-0.1, -0.05) is 0 Å². The molecule has 3 nitrogen and oxygen atoms in total. The van der Waals surface area contributed by atoms with E-state index in [-0.39, 0.29) is 22.7 Å². The first-order valence-electron chi connectivity index (χ1n) is 4.25. The van der Waals surface area contributed by atoms with Crippen LogP contribution in [0.15, 0.2) is 48.7 Å². The van der Waals surface area contributed by atoms with Crippen LogP contribution in [0, 0.1) is 5.21 Å². The summed E-state index contributed by atoms with van der Waals surface area (Å²) in [6, 6.07) is 11.7. The highest BCUT2D eigenvalue weighted by molar-refractivity contribution is 8.93. The second kappa shape index (κ2) is 4.79. The molecule has 0 bridgehead atoms. The second-order valence-corrected chi connectivity index (χ2v) is 2.96. The molecule has 0 unspecified atom stereocenters. The fourth-order valence-electron chi connectivity index (χ4n) is 1.28. The van der Waals surface area contributed by atoms with Gasteiger partial charge in [-0.3, -0.25) is 0 Å². The highest BCUT2D eigenvalue weighted by atomic mass is 79.9. The van der Waals surface area contributed by atoms with Crippen molar-refractivity contribution in [2.45, 2.75) is 0 Å². The molecule has 0 radical (unpaired) electrons. The van der Waals surface area contributed by atoms with Crippen molar-refractivity contribution in [1.29, 1.82) is 0 Å². The molecule has 2 aromatic rings. The Morgan fingerprint density at radius 1 is 1.00 bits per heavy atom. The maximum Gasteiger partial charge on any atom is 0.223 e. The number of phenolic OH excluding ortho intramolecular Hbond substituents is 1. The first kappa shape index (κ1) is 11.5. The van der Waals surface area contributed by atoms with E-state index in [1.807, 2.05) is 0 Å². The Kier molecular flexibility index (Phi) is 3.68. The van der Waals surface area contributed by atoms with Crippen LogP contribution in [0.1, 0.15) is 0 Å². The highest BCUT2D eigenvalue weighted by Crippen LogP contribution is 2.18. The second-order valence-electron chi connectivity index (χ2n) is 2.96. The van der Waals surface area contributed by atoms with Crippen molar-refractivity contribution in [3.63, 3.8) is 0 Å². The summed E-state index contributed by atoms with van der Waals surface area (Å²) in [6.07, 6.45) is 1.45. The van der Waals surface area contributed by atoms with Gasteiger partial charge in [-0.05, 0) is 30.3 Å². The van der Waals surface area contributed by atoms with Crippen LogP contribution in [0.25, 0.3) is 11.3 Å². The number of hydrogen-bond acceptors (Lipinski definition) is 2. The monoisotopic (exact) mass is 267 g/mol. The summed E-state index contributed by atoms with van der Waals surface area (Å²) in [5, 5.41) is 20.4. The minimum atomic E-state index is 0. The number of pyridine rings is 1. The normalized spacial score (nSPS) is 9.33. The van der Waals surface area contributed by atoms with Gasteiger partial charge < -0.3 is 10.3 Å². The van der Waals surface area contributed by atoms with Crippen molar-refractivity contribution in [2.75, 3.05) is 0 Å². The summed E-state index contributed by atoms with van der Waals surface area (Å²) >= 11 is 0. The van der Waals surface area contributed by atoms with Gasteiger partial charge in [0.2, 0.25) is 5.69 Å². The van der Waals surface area contributed by atoms with Crippen LogP contribution < -0.4 is 4.73 Å². The van der Waals surface area contributed by atoms with E-state index in [2.05, 4.69) is 0 Å². The van der Waals surface area contributed by atoms with Gasteiger partial charge in [0.25, 0.3) is 0 Å². The average Bonchev–Trinajstić information content (AvgIpc) is 2.20. The zero-order valence-corrected chi connectivity index (χ0v) is 9.54. The van der Waals surface area contributed by atoms with Gasteiger partial charge >= 0.3 is 0 Å². The first-order valence-corrected chi connectivity index (χ1v) is 4.25. The topological polar surface area (TPSA) is 47.2 Å². The molecular formula is C11H10BrNO2. The van der Waals surface area contributed by atoms with Gasteiger partial charge in [0, 0.05) is 17.7 Å². The predicted octanol–water partition coefficient (Wildman–Crippen LogP) is 2.27. The van der Waals surface area contributed by atoms with Crippen molar-refractivity contribution in [2.24, 2.45) is 0 Å². The molecule has 1 N–H and O–H groups in total. The molecule has 0 aliphatic rings. The van der Waals surface area contributed by atoms with Gasteiger partial charge in [0.1, 0.15) is 5.75 Å². The van der Waals surface area contributed by atoms with E-state index in [9.17, 15) is 5.21 Å². The molecule has 78 valence electrons. The molecule has 1 heterocycles. The number of benzene rings is 1. The lowest BCUT2D eigenvalue weighted by Crippen LogP contribution is -2.27. The van der Waals surface area contributed by atoms with Crippen molar-refractivity contribution < 1.29 is 9.84 Å². The first-order chi connectivity index (χ1) is 6.77. The Labute approximate surface area is 98.0 Å². The number of phenols is 1. The molecule has 0 saturated carbocycles. The number of aromatic hydroxyl groups is 1. The standard InChI is InChI=1S/C11H9NO2.BrH/c13-10-6-4-9(5-7-10)11-3-1-2-8-12(11)14;/h1-8,13H;1H. The largest absolute Gasteiger partial charge is 0.618 e. The van der Waals surface area contributed by atoms with Crippen molar-refractivity contribution in [3.8, 4) is 17.0 Å². The number of rotatable bonds is 1. The molecule has 0 saturated heterocycles. The predicted molar refractivity (Wildman–Crippen MR) is 62.8 cm³/mol. The van der Waals surface area contributed by atoms with Crippen LogP contribution in [-0.4, -0.2) is 5.11 Å².